The van der Waals surface area contributed by atoms with Crippen molar-refractivity contribution in [1.82, 2.24) is 15.6 Å². The van der Waals surface area contributed by atoms with Crippen LogP contribution in [-0.2, 0) is 12.8 Å². The van der Waals surface area contributed by atoms with E-state index < -0.39 is 0 Å². The normalized spacial score (nSPS) is 14.0. The highest BCUT2D eigenvalue weighted by Gasteiger charge is 2.21. The number of aryl methyl sites for hydroxylation is 1. The number of nitrogens with one attached hydrogen (secondary N) is 2. The van der Waals surface area contributed by atoms with Crippen molar-refractivity contribution in [2.45, 2.75) is 32.6 Å². The molecule has 2 aromatic rings. The predicted molar refractivity (Wildman–Crippen MR) is 94.5 cm³/mol. The maximum Gasteiger partial charge on any atom is 0.292 e. The summed E-state index contributed by atoms with van der Waals surface area (Å²) in [4.78, 5) is 12.4. The van der Waals surface area contributed by atoms with Crippen LogP contribution in [0.25, 0.3) is 0 Å². The lowest BCUT2D eigenvalue weighted by Gasteiger charge is -2.11. The summed E-state index contributed by atoms with van der Waals surface area (Å²) in [5.74, 6) is 0.965. The van der Waals surface area contributed by atoms with E-state index in [0.29, 0.717) is 22.9 Å². The largest absolute Gasteiger partial charge is 0.493 e. The number of amides is 1. The number of rotatable bonds is 5. The molecule has 1 aliphatic rings. The molecule has 0 atom stereocenters. The molecule has 7 heteroatoms. The summed E-state index contributed by atoms with van der Waals surface area (Å²) in [6.45, 7) is 1.82. The summed E-state index contributed by atoms with van der Waals surface area (Å²) < 4.78 is 10.5. The Morgan fingerprint density at radius 2 is 1.96 bits per heavy atom. The molecule has 0 unspecified atom stereocenters. The van der Waals surface area contributed by atoms with Gasteiger partial charge >= 0.3 is 0 Å². The van der Waals surface area contributed by atoms with E-state index in [4.69, 9.17) is 9.47 Å². The van der Waals surface area contributed by atoms with Crippen LogP contribution in [0, 0.1) is 0 Å². The number of hydrazone groups is 1. The number of fused-ring (bicyclic) bond motifs is 1. The van der Waals surface area contributed by atoms with Crippen LogP contribution in [-0.4, -0.2) is 36.0 Å². The van der Waals surface area contributed by atoms with E-state index in [1.54, 1.807) is 20.3 Å². The molecule has 132 valence electrons. The van der Waals surface area contributed by atoms with E-state index in [-0.39, 0.29) is 5.91 Å². The number of benzene rings is 1. The van der Waals surface area contributed by atoms with Crippen molar-refractivity contribution in [3.63, 3.8) is 0 Å². The summed E-state index contributed by atoms with van der Waals surface area (Å²) in [6, 6.07) is 5.49. The van der Waals surface area contributed by atoms with E-state index in [1.807, 2.05) is 19.1 Å². The molecule has 1 aliphatic carbocycles. The second-order valence-electron chi connectivity index (χ2n) is 5.94. The van der Waals surface area contributed by atoms with Crippen LogP contribution >= 0.6 is 0 Å². The molecule has 1 heterocycles. The molecule has 0 fully saturated rings. The van der Waals surface area contributed by atoms with Crippen LogP contribution in [0.5, 0.6) is 11.5 Å². The Kier molecular flexibility index (Phi) is 5.02. The average molecular weight is 342 g/mol. The number of carbonyl (C=O) groups is 1. The van der Waals surface area contributed by atoms with Crippen molar-refractivity contribution in [1.29, 1.82) is 0 Å². The van der Waals surface area contributed by atoms with E-state index in [1.165, 1.54) is 0 Å². The molecule has 7 nitrogen and oxygen atoms in total. The highest BCUT2D eigenvalue weighted by Crippen LogP contribution is 2.27. The zero-order chi connectivity index (χ0) is 17.8. The van der Waals surface area contributed by atoms with E-state index in [0.717, 1.165) is 42.5 Å². The monoisotopic (exact) mass is 342 g/mol. The Morgan fingerprint density at radius 3 is 2.72 bits per heavy atom. The zero-order valence-corrected chi connectivity index (χ0v) is 14.7. The SMILES string of the molecule is COc1ccc(/C(C)=N/NC(=O)c2n[nH]c3c2CCCC3)cc1OC. The average Bonchev–Trinajstić information content (AvgIpc) is 3.09. The first-order valence-electron chi connectivity index (χ1n) is 8.27. The smallest absolute Gasteiger partial charge is 0.292 e. The fourth-order valence-electron chi connectivity index (χ4n) is 2.98. The summed E-state index contributed by atoms with van der Waals surface area (Å²) in [6.07, 6.45) is 4.05. The zero-order valence-electron chi connectivity index (χ0n) is 14.7. The van der Waals surface area contributed by atoms with Gasteiger partial charge in [-0.3, -0.25) is 9.89 Å². The number of methoxy groups -OCH3 is 2. The molecule has 3 rings (SSSR count). The van der Waals surface area contributed by atoms with Crippen LogP contribution in [0.1, 0.15) is 47.1 Å². The molecule has 1 amide bonds. The topological polar surface area (TPSA) is 88.6 Å². The second kappa shape index (κ2) is 7.38. The van der Waals surface area contributed by atoms with Gasteiger partial charge in [-0.05, 0) is 50.8 Å². The van der Waals surface area contributed by atoms with Crippen molar-refractivity contribution in [3.8, 4) is 11.5 Å². The molecule has 1 aromatic heterocycles. The third-order valence-corrected chi connectivity index (χ3v) is 4.40. The number of carbonyl (C=O) groups excluding carboxylic acids is 1. The van der Waals surface area contributed by atoms with Crippen LogP contribution in [0.2, 0.25) is 0 Å². The minimum absolute atomic E-state index is 0.292. The standard InChI is InChI=1S/C18H22N4O3/c1-11(12-8-9-15(24-2)16(10-12)25-3)19-22-18(23)17-13-6-4-5-7-14(13)20-21-17/h8-10H,4-7H2,1-3H3,(H,20,21)(H,22,23)/b19-11+. The highest BCUT2D eigenvalue weighted by atomic mass is 16.5. The summed E-state index contributed by atoms with van der Waals surface area (Å²) in [7, 11) is 3.17. The molecule has 0 radical (unpaired) electrons. The number of ether oxygens (including phenoxy) is 2. The molecule has 0 saturated heterocycles. The van der Waals surface area contributed by atoms with Gasteiger partial charge in [0.25, 0.3) is 5.91 Å². The lowest BCUT2D eigenvalue weighted by atomic mass is 9.96. The number of aromatic amines is 1. The predicted octanol–water partition coefficient (Wildman–Crippen LogP) is 2.46. The first-order chi connectivity index (χ1) is 12.1. The Hall–Kier alpha value is -2.83. The van der Waals surface area contributed by atoms with Gasteiger partial charge in [0.1, 0.15) is 0 Å². The Bertz CT molecular complexity index is 811. The number of H-pyrrole nitrogens is 1. The van der Waals surface area contributed by atoms with Crippen molar-refractivity contribution in [2.75, 3.05) is 14.2 Å². The van der Waals surface area contributed by atoms with Gasteiger partial charge in [0.15, 0.2) is 17.2 Å². The fourth-order valence-corrected chi connectivity index (χ4v) is 2.98. The summed E-state index contributed by atoms with van der Waals surface area (Å²) >= 11 is 0. The summed E-state index contributed by atoms with van der Waals surface area (Å²) in [5, 5.41) is 11.3. The quantitative estimate of drug-likeness (QED) is 0.645. The maximum absolute atomic E-state index is 12.4. The molecule has 0 aliphatic heterocycles. The molecule has 0 saturated carbocycles. The fraction of sp³-hybridized carbons (Fsp3) is 0.389. The van der Waals surface area contributed by atoms with Gasteiger partial charge < -0.3 is 9.47 Å². The van der Waals surface area contributed by atoms with Gasteiger partial charge in [0.05, 0.1) is 19.9 Å². The number of hydrogen-bond donors (Lipinski definition) is 2. The Balaban J connectivity index is 1.75. The van der Waals surface area contributed by atoms with Gasteiger partial charge in [-0.2, -0.15) is 10.2 Å². The van der Waals surface area contributed by atoms with Gasteiger partial charge in [0.2, 0.25) is 0 Å². The number of nitrogens with zero attached hydrogens (tertiary/aromatic N) is 2. The molecule has 1 aromatic carbocycles. The van der Waals surface area contributed by atoms with E-state index in [9.17, 15) is 4.79 Å². The van der Waals surface area contributed by atoms with E-state index >= 15 is 0 Å². The number of aromatic nitrogens is 2. The first-order valence-corrected chi connectivity index (χ1v) is 8.27. The molecular weight excluding hydrogens is 320 g/mol. The lowest BCUT2D eigenvalue weighted by Crippen LogP contribution is -2.21. The van der Waals surface area contributed by atoms with E-state index in [2.05, 4.69) is 20.7 Å². The lowest BCUT2D eigenvalue weighted by molar-refractivity contribution is 0.0948. The van der Waals surface area contributed by atoms with Crippen LogP contribution in [0.4, 0.5) is 0 Å². The Labute approximate surface area is 146 Å². The van der Waals surface area contributed by atoms with Gasteiger partial charge in [0, 0.05) is 16.8 Å². The van der Waals surface area contributed by atoms with Crippen LogP contribution in [0.15, 0.2) is 23.3 Å². The van der Waals surface area contributed by atoms with Crippen LogP contribution in [0.3, 0.4) is 0 Å². The minimum atomic E-state index is -0.292. The molecular formula is C18H22N4O3. The third-order valence-electron chi connectivity index (χ3n) is 4.40. The number of hydrogen-bond acceptors (Lipinski definition) is 5. The van der Waals surface area contributed by atoms with Gasteiger partial charge in [-0.15, -0.1) is 0 Å². The summed E-state index contributed by atoms with van der Waals surface area (Å²) in [5.41, 5.74) is 6.62. The second-order valence-corrected chi connectivity index (χ2v) is 5.94. The molecule has 0 spiro atoms. The van der Waals surface area contributed by atoms with Crippen molar-refractivity contribution < 1.29 is 14.3 Å². The van der Waals surface area contributed by atoms with Crippen molar-refractivity contribution in [2.24, 2.45) is 5.10 Å². The first kappa shape index (κ1) is 17.0. The minimum Gasteiger partial charge on any atom is -0.493 e. The van der Waals surface area contributed by atoms with Crippen molar-refractivity contribution in [3.05, 3.63) is 40.7 Å². The van der Waals surface area contributed by atoms with Crippen LogP contribution < -0.4 is 14.9 Å². The third kappa shape index (κ3) is 3.50. The van der Waals surface area contributed by atoms with Gasteiger partial charge in [-0.25, -0.2) is 5.43 Å². The van der Waals surface area contributed by atoms with Gasteiger partial charge in [-0.1, -0.05) is 0 Å². The Morgan fingerprint density at radius 1 is 1.20 bits per heavy atom. The highest BCUT2D eigenvalue weighted by molar-refractivity contribution is 6.01. The van der Waals surface area contributed by atoms with Crippen molar-refractivity contribution >= 4 is 11.6 Å². The molecule has 2 N–H and O–H groups in total. The molecule has 0 bridgehead atoms. The molecule has 25 heavy (non-hydrogen) atoms. The maximum atomic E-state index is 12.4.